The summed E-state index contributed by atoms with van der Waals surface area (Å²) in [6.07, 6.45) is 3.25. The van der Waals surface area contributed by atoms with Crippen LogP contribution in [0.15, 0.2) is 0 Å². The van der Waals surface area contributed by atoms with E-state index in [4.69, 9.17) is 14.6 Å². The third-order valence-corrected chi connectivity index (χ3v) is 2.47. The highest BCUT2D eigenvalue weighted by Gasteiger charge is 2.28. The highest BCUT2D eigenvalue weighted by Crippen LogP contribution is 2.21. The Morgan fingerprint density at radius 1 is 1.71 bits per heavy atom. The molecule has 0 radical (unpaired) electrons. The van der Waals surface area contributed by atoms with Gasteiger partial charge in [0.05, 0.1) is 6.10 Å². The summed E-state index contributed by atoms with van der Waals surface area (Å²) >= 11 is 0. The lowest BCUT2D eigenvalue weighted by Crippen LogP contribution is -2.30. The first-order valence-electron chi connectivity index (χ1n) is 5.25. The zero-order valence-electron chi connectivity index (χ0n) is 8.57. The molecule has 1 rings (SSSR count). The summed E-state index contributed by atoms with van der Waals surface area (Å²) < 4.78 is 10.3. The Morgan fingerprint density at radius 2 is 2.50 bits per heavy atom. The van der Waals surface area contributed by atoms with Gasteiger partial charge in [-0.05, 0) is 25.7 Å². The van der Waals surface area contributed by atoms with E-state index in [1.165, 1.54) is 0 Å². The standard InChI is InChI=1S/C10H18O4/c1-2-3-5-9(14-10(11)12)8-6-4-7-13-8/h8-9H,2-7H2,1H3,(H,11,12). The first kappa shape index (κ1) is 11.3. The molecule has 14 heavy (non-hydrogen) atoms. The largest absolute Gasteiger partial charge is 0.506 e. The van der Waals surface area contributed by atoms with Crippen molar-refractivity contribution in [3.63, 3.8) is 0 Å². The predicted molar refractivity (Wildman–Crippen MR) is 51.4 cm³/mol. The van der Waals surface area contributed by atoms with E-state index in [1.54, 1.807) is 0 Å². The molecule has 0 aromatic rings. The summed E-state index contributed by atoms with van der Waals surface area (Å²) in [4.78, 5) is 10.5. The molecule has 4 nitrogen and oxygen atoms in total. The van der Waals surface area contributed by atoms with E-state index in [0.29, 0.717) is 0 Å². The van der Waals surface area contributed by atoms with Crippen LogP contribution in [0.1, 0.15) is 39.0 Å². The second kappa shape index (κ2) is 5.86. The van der Waals surface area contributed by atoms with E-state index in [9.17, 15) is 4.79 Å². The summed E-state index contributed by atoms with van der Waals surface area (Å²) in [5.41, 5.74) is 0. The van der Waals surface area contributed by atoms with Gasteiger partial charge < -0.3 is 14.6 Å². The van der Waals surface area contributed by atoms with Gasteiger partial charge in [-0.2, -0.15) is 0 Å². The fourth-order valence-electron chi connectivity index (χ4n) is 1.75. The molecule has 0 bridgehead atoms. The maximum Gasteiger partial charge on any atom is 0.506 e. The number of carbonyl (C=O) groups is 1. The maximum absolute atomic E-state index is 10.5. The Kier molecular flexibility index (Phi) is 4.73. The Bertz CT molecular complexity index is 175. The van der Waals surface area contributed by atoms with Gasteiger partial charge in [0, 0.05) is 6.61 Å². The summed E-state index contributed by atoms with van der Waals surface area (Å²) in [7, 11) is 0. The third-order valence-electron chi connectivity index (χ3n) is 2.47. The zero-order valence-corrected chi connectivity index (χ0v) is 8.57. The molecular formula is C10H18O4. The Hall–Kier alpha value is -0.770. The number of ether oxygens (including phenoxy) is 2. The molecule has 0 aromatic heterocycles. The van der Waals surface area contributed by atoms with E-state index in [1.807, 2.05) is 0 Å². The smallest absolute Gasteiger partial charge is 0.450 e. The molecule has 4 heteroatoms. The van der Waals surface area contributed by atoms with E-state index >= 15 is 0 Å². The highest BCUT2D eigenvalue weighted by molar-refractivity contribution is 5.57. The quantitative estimate of drug-likeness (QED) is 0.695. The lowest BCUT2D eigenvalue weighted by molar-refractivity contribution is -0.0344. The van der Waals surface area contributed by atoms with Gasteiger partial charge in [0.1, 0.15) is 6.10 Å². The maximum atomic E-state index is 10.5. The lowest BCUT2D eigenvalue weighted by atomic mass is 10.0. The van der Waals surface area contributed by atoms with Crippen LogP contribution in [0.25, 0.3) is 0 Å². The average Bonchev–Trinajstić information content (AvgIpc) is 2.64. The van der Waals surface area contributed by atoms with Gasteiger partial charge in [-0.3, -0.25) is 0 Å². The summed E-state index contributed by atoms with van der Waals surface area (Å²) in [6, 6.07) is 0. The van der Waals surface area contributed by atoms with Crippen LogP contribution in [0, 0.1) is 0 Å². The fraction of sp³-hybridized carbons (Fsp3) is 0.900. The zero-order chi connectivity index (χ0) is 10.4. The fourth-order valence-corrected chi connectivity index (χ4v) is 1.75. The SMILES string of the molecule is CCCCC(OC(=O)O)C1CCCO1. The van der Waals surface area contributed by atoms with Crippen molar-refractivity contribution >= 4 is 6.16 Å². The molecule has 1 aliphatic heterocycles. The van der Waals surface area contributed by atoms with Crippen LogP contribution in [0.4, 0.5) is 4.79 Å². The number of carboxylic acid groups (broad SMARTS) is 1. The first-order chi connectivity index (χ1) is 6.74. The van der Waals surface area contributed by atoms with Gasteiger partial charge in [0.15, 0.2) is 0 Å². The molecule has 1 aliphatic rings. The van der Waals surface area contributed by atoms with Gasteiger partial charge in [0.25, 0.3) is 0 Å². The summed E-state index contributed by atoms with van der Waals surface area (Å²) in [6.45, 7) is 2.81. The van der Waals surface area contributed by atoms with Crippen molar-refractivity contribution in [3.8, 4) is 0 Å². The molecular weight excluding hydrogens is 184 g/mol. The second-order valence-electron chi connectivity index (χ2n) is 3.62. The number of hydrogen-bond acceptors (Lipinski definition) is 3. The first-order valence-corrected chi connectivity index (χ1v) is 5.25. The van der Waals surface area contributed by atoms with Crippen molar-refractivity contribution in [2.75, 3.05) is 6.61 Å². The highest BCUT2D eigenvalue weighted by atomic mass is 16.7. The van der Waals surface area contributed by atoms with Gasteiger partial charge >= 0.3 is 6.16 Å². The van der Waals surface area contributed by atoms with Crippen molar-refractivity contribution in [1.29, 1.82) is 0 Å². The van der Waals surface area contributed by atoms with Crippen molar-refractivity contribution < 1.29 is 19.4 Å². The van der Waals surface area contributed by atoms with Crippen molar-refractivity contribution in [2.45, 2.75) is 51.2 Å². The van der Waals surface area contributed by atoms with Crippen LogP contribution >= 0.6 is 0 Å². The Labute approximate surface area is 84.2 Å². The van der Waals surface area contributed by atoms with Crippen LogP contribution in [-0.4, -0.2) is 30.1 Å². The van der Waals surface area contributed by atoms with E-state index in [-0.39, 0.29) is 12.2 Å². The van der Waals surface area contributed by atoms with Gasteiger partial charge in [-0.25, -0.2) is 4.79 Å². The topological polar surface area (TPSA) is 55.8 Å². The minimum Gasteiger partial charge on any atom is -0.450 e. The second-order valence-corrected chi connectivity index (χ2v) is 3.62. The molecule has 1 N–H and O–H groups in total. The molecule has 0 spiro atoms. The van der Waals surface area contributed by atoms with Crippen LogP contribution in [0.2, 0.25) is 0 Å². The monoisotopic (exact) mass is 202 g/mol. The van der Waals surface area contributed by atoms with Crippen LogP contribution in [-0.2, 0) is 9.47 Å². The van der Waals surface area contributed by atoms with E-state index < -0.39 is 6.16 Å². The van der Waals surface area contributed by atoms with Crippen molar-refractivity contribution in [3.05, 3.63) is 0 Å². The third kappa shape index (κ3) is 3.54. The molecule has 0 aliphatic carbocycles. The van der Waals surface area contributed by atoms with Crippen LogP contribution < -0.4 is 0 Å². The van der Waals surface area contributed by atoms with Crippen molar-refractivity contribution in [1.82, 2.24) is 0 Å². The van der Waals surface area contributed by atoms with Gasteiger partial charge in [0.2, 0.25) is 0 Å². The molecule has 2 unspecified atom stereocenters. The number of unbranched alkanes of at least 4 members (excludes halogenated alkanes) is 1. The van der Waals surface area contributed by atoms with Crippen LogP contribution in [0.5, 0.6) is 0 Å². The molecule has 1 saturated heterocycles. The minimum atomic E-state index is -1.19. The number of hydrogen-bond donors (Lipinski definition) is 1. The van der Waals surface area contributed by atoms with Gasteiger partial charge in [-0.15, -0.1) is 0 Å². The summed E-state index contributed by atoms with van der Waals surface area (Å²) in [5, 5.41) is 8.57. The minimum absolute atomic E-state index is 0.0161. The molecule has 0 aromatic carbocycles. The normalized spacial score (nSPS) is 23.4. The van der Waals surface area contributed by atoms with Crippen molar-refractivity contribution in [2.24, 2.45) is 0 Å². The van der Waals surface area contributed by atoms with E-state index in [0.717, 1.165) is 38.7 Å². The molecule has 82 valence electrons. The molecule has 1 heterocycles. The Morgan fingerprint density at radius 3 is 3.00 bits per heavy atom. The van der Waals surface area contributed by atoms with E-state index in [2.05, 4.69) is 6.92 Å². The predicted octanol–water partition coefficient (Wildman–Crippen LogP) is 2.42. The van der Waals surface area contributed by atoms with Crippen LogP contribution in [0.3, 0.4) is 0 Å². The average molecular weight is 202 g/mol. The molecule has 0 amide bonds. The summed E-state index contributed by atoms with van der Waals surface area (Å²) in [5.74, 6) is 0. The lowest BCUT2D eigenvalue weighted by Gasteiger charge is -2.21. The Balaban J connectivity index is 2.37. The molecule has 1 fully saturated rings. The number of rotatable bonds is 5. The van der Waals surface area contributed by atoms with Gasteiger partial charge in [-0.1, -0.05) is 13.3 Å². The molecule has 2 atom stereocenters. The molecule has 0 saturated carbocycles.